The van der Waals surface area contributed by atoms with E-state index in [1.807, 2.05) is 12.1 Å². The van der Waals surface area contributed by atoms with E-state index in [-0.39, 0.29) is 22.5 Å². The van der Waals surface area contributed by atoms with Crippen molar-refractivity contribution in [2.75, 3.05) is 36.4 Å². The molecule has 2 aromatic carbocycles. The Labute approximate surface area is 170 Å². The first-order valence-corrected chi connectivity index (χ1v) is 11.0. The summed E-state index contributed by atoms with van der Waals surface area (Å²) in [6.07, 6.45) is 0. The molecule has 2 aliphatic rings. The van der Waals surface area contributed by atoms with E-state index in [2.05, 4.69) is 10.2 Å². The van der Waals surface area contributed by atoms with Crippen LogP contribution >= 0.6 is 0 Å². The van der Waals surface area contributed by atoms with Gasteiger partial charge in [0.05, 0.1) is 10.8 Å². The molecule has 0 bridgehead atoms. The van der Waals surface area contributed by atoms with Gasteiger partial charge in [0.15, 0.2) is 5.78 Å². The molecule has 1 saturated heterocycles. The fourth-order valence-corrected chi connectivity index (χ4v) is 5.26. The first-order chi connectivity index (χ1) is 13.8. The summed E-state index contributed by atoms with van der Waals surface area (Å²) >= 11 is 0. The van der Waals surface area contributed by atoms with Crippen molar-refractivity contribution in [1.29, 1.82) is 0 Å². The summed E-state index contributed by atoms with van der Waals surface area (Å²) in [6.45, 7) is 5.19. The van der Waals surface area contributed by atoms with E-state index in [0.29, 0.717) is 37.4 Å². The van der Waals surface area contributed by atoms with Crippen LogP contribution in [0.3, 0.4) is 0 Å². The summed E-state index contributed by atoms with van der Waals surface area (Å²) < 4.78 is 27.7. The summed E-state index contributed by atoms with van der Waals surface area (Å²) in [4.78, 5) is 25.6. The first kappa shape index (κ1) is 19.6. The van der Waals surface area contributed by atoms with Crippen molar-refractivity contribution in [2.24, 2.45) is 0 Å². The third-order valence-corrected chi connectivity index (χ3v) is 7.55. The van der Waals surface area contributed by atoms with E-state index >= 15 is 0 Å². The lowest BCUT2D eigenvalue weighted by molar-refractivity contribution is -0.116. The number of piperazine rings is 1. The topological polar surface area (TPSA) is 86.8 Å². The maximum atomic E-state index is 13.1. The summed E-state index contributed by atoms with van der Waals surface area (Å²) in [6, 6.07) is 12.2. The molecular formula is C21H23N3O4S. The highest BCUT2D eigenvalue weighted by Crippen LogP contribution is 2.34. The molecule has 2 aliphatic heterocycles. The van der Waals surface area contributed by atoms with Gasteiger partial charge in [-0.1, -0.05) is 0 Å². The van der Waals surface area contributed by atoms with Crippen molar-refractivity contribution in [1.82, 2.24) is 4.31 Å². The number of ketones is 1. The van der Waals surface area contributed by atoms with Crippen LogP contribution in [0.5, 0.6) is 0 Å². The monoisotopic (exact) mass is 413 g/mol. The average Bonchev–Trinajstić information content (AvgIpc) is 3.01. The van der Waals surface area contributed by atoms with E-state index in [1.165, 1.54) is 11.2 Å². The molecule has 8 heteroatoms. The number of rotatable bonds is 4. The Kier molecular flexibility index (Phi) is 4.92. The second-order valence-corrected chi connectivity index (χ2v) is 9.39. The third-order valence-electron chi connectivity index (χ3n) is 5.66. The van der Waals surface area contributed by atoms with Gasteiger partial charge in [0, 0.05) is 43.1 Å². The largest absolute Gasteiger partial charge is 0.369 e. The molecule has 2 heterocycles. The second kappa shape index (κ2) is 7.27. The van der Waals surface area contributed by atoms with Gasteiger partial charge in [0.25, 0.3) is 0 Å². The molecule has 2 aromatic rings. The maximum absolute atomic E-state index is 13.1. The smallest absolute Gasteiger partial charge is 0.243 e. The minimum atomic E-state index is -3.63. The van der Waals surface area contributed by atoms with Crippen LogP contribution in [-0.4, -0.2) is 50.6 Å². The van der Waals surface area contributed by atoms with Crippen LogP contribution in [-0.2, 0) is 14.8 Å². The standard InChI is InChI=1S/C21H23N3O4S/c1-14-19-13-18(7-8-20(19)22-21(14)26)29(27,28)24-11-9-23(10-12-24)17-5-3-16(4-6-17)15(2)25/h3-8,13-14H,9-12H2,1-2H3,(H,22,26)/t14-/m1/s1. The van der Waals surface area contributed by atoms with Crippen molar-refractivity contribution < 1.29 is 18.0 Å². The summed E-state index contributed by atoms with van der Waals surface area (Å²) in [7, 11) is -3.63. The van der Waals surface area contributed by atoms with Gasteiger partial charge in [-0.3, -0.25) is 9.59 Å². The van der Waals surface area contributed by atoms with Gasteiger partial charge in [-0.05, 0) is 61.9 Å². The number of Topliss-reactive ketones (excluding diaryl/α,β-unsaturated/α-hetero) is 1. The van der Waals surface area contributed by atoms with Gasteiger partial charge in [-0.2, -0.15) is 4.31 Å². The van der Waals surface area contributed by atoms with Crippen LogP contribution in [0.15, 0.2) is 47.4 Å². The molecule has 1 amide bonds. The minimum absolute atomic E-state index is 0.0213. The molecule has 1 N–H and O–H groups in total. The van der Waals surface area contributed by atoms with Crippen molar-refractivity contribution >= 4 is 33.1 Å². The Bertz CT molecular complexity index is 1070. The molecule has 0 aliphatic carbocycles. The molecule has 0 unspecified atom stereocenters. The lowest BCUT2D eigenvalue weighted by Gasteiger charge is -2.35. The van der Waals surface area contributed by atoms with Crippen molar-refractivity contribution in [3.63, 3.8) is 0 Å². The summed E-state index contributed by atoms with van der Waals surface area (Å²) in [5.74, 6) is -0.443. The minimum Gasteiger partial charge on any atom is -0.369 e. The van der Waals surface area contributed by atoms with Gasteiger partial charge in [-0.15, -0.1) is 0 Å². The van der Waals surface area contributed by atoms with Crippen molar-refractivity contribution in [3.05, 3.63) is 53.6 Å². The Balaban J connectivity index is 1.48. The predicted molar refractivity (Wildman–Crippen MR) is 111 cm³/mol. The number of nitrogens with zero attached hydrogens (tertiary/aromatic N) is 2. The molecular weight excluding hydrogens is 390 g/mol. The van der Waals surface area contributed by atoms with Gasteiger partial charge in [0.1, 0.15) is 0 Å². The average molecular weight is 413 g/mol. The second-order valence-electron chi connectivity index (χ2n) is 7.45. The number of sulfonamides is 1. The molecule has 4 rings (SSSR count). The van der Waals surface area contributed by atoms with E-state index in [0.717, 1.165) is 11.3 Å². The number of hydrogen-bond acceptors (Lipinski definition) is 5. The summed E-state index contributed by atoms with van der Waals surface area (Å²) in [5.41, 5.74) is 3.04. The zero-order valence-electron chi connectivity index (χ0n) is 16.4. The third kappa shape index (κ3) is 3.54. The summed E-state index contributed by atoms with van der Waals surface area (Å²) in [5, 5.41) is 2.77. The molecule has 0 spiro atoms. The number of amides is 1. The highest BCUT2D eigenvalue weighted by Gasteiger charge is 2.32. The highest BCUT2D eigenvalue weighted by atomic mass is 32.2. The number of anilines is 2. The SMILES string of the molecule is CC(=O)c1ccc(N2CCN(S(=O)(=O)c3ccc4c(c3)[C@@H](C)C(=O)N4)CC2)cc1. The van der Waals surface area contributed by atoms with Crippen LogP contribution in [0.1, 0.15) is 35.7 Å². The van der Waals surface area contributed by atoms with Gasteiger partial charge in [0.2, 0.25) is 15.9 Å². The van der Waals surface area contributed by atoms with Crippen LogP contribution < -0.4 is 10.2 Å². The zero-order chi connectivity index (χ0) is 20.8. The van der Waals surface area contributed by atoms with Crippen molar-refractivity contribution in [2.45, 2.75) is 24.7 Å². The molecule has 152 valence electrons. The highest BCUT2D eigenvalue weighted by molar-refractivity contribution is 7.89. The van der Waals surface area contributed by atoms with Crippen molar-refractivity contribution in [3.8, 4) is 0 Å². The quantitative estimate of drug-likeness (QED) is 0.778. The van der Waals surface area contributed by atoms with E-state index < -0.39 is 10.0 Å². The molecule has 7 nitrogen and oxygen atoms in total. The Hall–Kier alpha value is -2.71. The predicted octanol–water partition coefficient (Wildman–Crippen LogP) is 2.46. The Morgan fingerprint density at radius 1 is 1.03 bits per heavy atom. The van der Waals surface area contributed by atoms with Crippen LogP contribution in [0.2, 0.25) is 0 Å². The van der Waals surface area contributed by atoms with Crippen LogP contribution in [0.4, 0.5) is 11.4 Å². The molecule has 0 saturated carbocycles. The van der Waals surface area contributed by atoms with E-state index in [9.17, 15) is 18.0 Å². The molecule has 1 atom stereocenters. The zero-order valence-corrected chi connectivity index (χ0v) is 17.2. The molecule has 1 fully saturated rings. The Morgan fingerprint density at radius 2 is 1.69 bits per heavy atom. The first-order valence-electron chi connectivity index (χ1n) is 9.58. The van der Waals surface area contributed by atoms with Crippen LogP contribution in [0.25, 0.3) is 0 Å². The van der Waals surface area contributed by atoms with Crippen LogP contribution in [0, 0.1) is 0 Å². The lowest BCUT2D eigenvalue weighted by Crippen LogP contribution is -2.48. The maximum Gasteiger partial charge on any atom is 0.243 e. The number of benzene rings is 2. The number of fused-ring (bicyclic) bond motifs is 1. The number of hydrogen-bond donors (Lipinski definition) is 1. The van der Waals surface area contributed by atoms with E-state index in [1.54, 1.807) is 37.3 Å². The molecule has 0 radical (unpaired) electrons. The lowest BCUT2D eigenvalue weighted by atomic mass is 10.0. The number of carbonyl (C=O) groups excluding carboxylic acids is 2. The molecule has 0 aromatic heterocycles. The number of nitrogens with one attached hydrogen (secondary N) is 1. The normalized spacial score (nSPS) is 19.7. The van der Waals surface area contributed by atoms with Gasteiger partial charge in [-0.25, -0.2) is 8.42 Å². The fourth-order valence-electron chi connectivity index (χ4n) is 3.80. The number of carbonyl (C=O) groups is 2. The Morgan fingerprint density at radius 3 is 2.31 bits per heavy atom. The van der Waals surface area contributed by atoms with E-state index in [4.69, 9.17) is 0 Å². The van der Waals surface area contributed by atoms with Gasteiger partial charge >= 0.3 is 0 Å². The van der Waals surface area contributed by atoms with Gasteiger partial charge < -0.3 is 10.2 Å². The molecule has 29 heavy (non-hydrogen) atoms. The fraction of sp³-hybridized carbons (Fsp3) is 0.333.